The van der Waals surface area contributed by atoms with Gasteiger partial charge in [-0.25, -0.2) is 4.98 Å². The summed E-state index contributed by atoms with van der Waals surface area (Å²) in [5.41, 5.74) is 2.88. The Morgan fingerprint density at radius 1 is 1.43 bits per heavy atom. The molecule has 1 N–H and O–H groups in total. The number of nitrogens with zero attached hydrogens (tertiary/aromatic N) is 3. The molecule has 2 heterocycles. The van der Waals surface area contributed by atoms with Crippen molar-refractivity contribution in [2.24, 2.45) is 0 Å². The summed E-state index contributed by atoms with van der Waals surface area (Å²) >= 11 is 3.16. The molecule has 2 aromatic heterocycles. The second kappa shape index (κ2) is 4.02. The zero-order valence-electron chi connectivity index (χ0n) is 7.89. The van der Waals surface area contributed by atoms with Crippen LogP contribution in [0, 0.1) is 6.92 Å². The van der Waals surface area contributed by atoms with Crippen molar-refractivity contribution < 1.29 is 0 Å². The lowest BCUT2D eigenvalue weighted by Crippen LogP contribution is -2.06. The molecule has 2 rings (SSSR count). The van der Waals surface area contributed by atoms with E-state index in [2.05, 4.69) is 27.4 Å². The van der Waals surface area contributed by atoms with E-state index in [0.717, 1.165) is 15.8 Å². The lowest BCUT2D eigenvalue weighted by Gasteiger charge is -2.08. The Morgan fingerprint density at radius 3 is 2.86 bits per heavy atom. The van der Waals surface area contributed by atoms with Gasteiger partial charge in [0.25, 0.3) is 0 Å². The fraction of sp³-hybridized carbons (Fsp3) is 0.375. The van der Waals surface area contributed by atoms with Gasteiger partial charge in [0.2, 0.25) is 5.13 Å². The number of nitrogens with one attached hydrogen (secondary N) is 1. The maximum Gasteiger partial charge on any atom is 0.206 e. The standard InChI is InChI=1S/C8H10N4S2/c1-5(7-3-13-4-9-7)10-8-12-11-6(2)14-8/h3-5H,1-2H3,(H,10,12). The van der Waals surface area contributed by atoms with Crippen LogP contribution in [0.25, 0.3) is 0 Å². The number of aromatic nitrogens is 3. The van der Waals surface area contributed by atoms with E-state index in [1.54, 1.807) is 22.7 Å². The minimum Gasteiger partial charge on any atom is -0.352 e. The molecule has 0 spiro atoms. The lowest BCUT2D eigenvalue weighted by atomic mass is 10.3. The molecule has 0 aliphatic carbocycles. The zero-order valence-corrected chi connectivity index (χ0v) is 9.52. The van der Waals surface area contributed by atoms with Crippen LogP contribution in [0.5, 0.6) is 0 Å². The smallest absolute Gasteiger partial charge is 0.206 e. The average molecular weight is 226 g/mol. The molecular formula is C8H10N4S2. The Balaban J connectivity index is 2.05. The number of aryl methyl sites for hydroxylation is 1. The summed E-state index contributed by atoms with van der Waals surface area (Å²) in [5, 5.41) is 15.0. The highest BCUT2D eigenvalue weighted by Gasteiger charge is 2.09. The maximum atomic E-state index is 4.23. The molecule has 0 radical (unpaired) electrons. The SMILES string of the molecule is Cc1nnc(NC(C)c2cscn2)s1. The van der Waals surface area contributed by atoms with Gasteiger partial charge in [-0.1, -0.05) is 11.3 Å². The van der Waals surface area contributed by atoms with E-state index in [1.807, 2.05) is 17.8 Å². The quantitative estimate of drug-likeness (QED) is 0.873. The first kappa shape index (κ1) is 9.54. The minimum absolute atomic E-state index is 0.189. The molecule has 14 heavy (non-hydrogen) atoms. The molecule has 1 unspecified atom stereocenters. The van der Waals surface area contributed by atoms with Crippen molar-refractivity contribution in [3.05, 3.63) is 21.6 Å². The Bertz CT molecular complexity index is 395. The maximum absolute atomic E-state index is 4.23. The van der Waals surface area contributed by atoms with Gasteiger partial charge in [-0.05, 0) is 13.8 Å². The molecule has 1 atom stereocenters. The molecule has 0 fully saturated rings. The zero-order chi connectivity index (χ0) is 9.97. The van der Waals surface area contributed by atoms with Crippen molar-refractivity contribution in [1.29, 1.82) is 0 Å². The highest BCUT2D eigenvalue weighted by atomic mass is 32.1. The van der Waals surface area contributed by atoms with Gasteiger partial charge < -0.3 is 5.32 Å². The van der Waals surface area contributed by atoms with Crippen molar-refractivity contribution >= 4 is 27.8 Å². The Morgan fingerprint density at radius 2 is 2.29 bits per heavy atom. The summed E-state index contributed by atoms with van der Waals surface area (Å²) in [6, 6.07) is 0.189. The molecule has 0 amide bonds. The second-order valence-electron chi connectivity index (χ2n) is 2.91. The van der Waals surface area contributed by atoms with E-state index in [0.29, 0.717) is 0 Å². The van der Waals surface area contributed by atoms with Crippen LogP contribution in [0.4, 0.5) is 5.13 Å². The van der Waals surface area contributed by atoms with Crippen molar-refractivity contribution in [2.75, 3.05) is 5.32 Å². The summed E-state index contributed by atoms with van der Waals surface area (Å²) < 4.78 is 0. The van der Waals surface area contributed by atoms with E-state index >= 15 is 0 Å². The Labute approximate surface area is 90.0 Å². The average Bonchev–Trinajstić information content (AvgIpc) is 2.75. The number of hydrogen-bond donors (Lipinski definition) is 1. The highest BCUT2D eigenvalue weighted by molar-refractivity contribution is 7.15. The Kier molecular flexibility index (Phi) is 2.74. The summed E-state index contributed by atoms with van der Waals surface area (Å²) in [6.07, 6.45) is 0. The van der Waals surface area contributed by atoms with Gasteiger partial charge in [0.1, 0.15) is 5.01 Å². The van der Waals surface area contributed by atoms with Crippen LogP contribution in [-0.4, -0.2) is 15.2 Å². The number of anilines is 1. The van der Waals surface area contributed by atoms with Crippen LogP contribution in [0.2, 0.25) is 0 Å². The lowest BCUT2D eigenvalue weighted by molar-refractivity contribution is 0.841. The Hall–Kier alpha value is -1.01. The van der Waals surface area contributed by atoms with E-state index in [4.69, 9.17) is 0 Å². The van der Waals surface area contributed by atoms with Crippen molar-refractivity contribution in [3.63, 3.8) is 0 Å². The molecule has 0 saturated heterocycles. The number of hydrogen-bond acceptors (Lipinski definition) is 6. The van der Waals surface area contributed by atoms with Gasteiger partial charge in [-0.15, -0.1) is 21.5 Å². The van der Waals surface area contributed by atoms with Crippen LogP contribution in [0.3, 0.4) is 0 Å². The van der Waals surface area contributed by atoms with Crippen LogP contribution in [0.1, 0.15) is 23.7 Å². The van der Waals surface area contributed by atoms with Crippen LogP contribution >= 0.6 is 22.7 Å². The monoisotopic (exact) mass is 226 g/mol. The van der Waals surface area contributed by atoms with Crippen LogP contribution in [-0.2, 0) is 0 Å². The molecule has 0 bridgehead atoms. The minimum atomic E-state index is 0.189. The number of thiazole rings is 1. The molecule has 0 aliphatic rings. The first-order chi connectivity index (χ1) is 6.75. The van der Waals surface area contributed by atoms with E-state index in [-0.39, 0.29) is 6.04 Å². The largest absolute Gasteiger partial charge is 0.352 e. The van der Waals surface area contributed by atoms with Gasteiger partial charge in [0, 0.05) is 5.38 Å². The fourth-order valence-electron chi connectivity index (χ4n) is 1.05. The highest BCUT2D eigenvalue weighted by Crippen LogP contribution is 2.21. The second-order valence-corrected chi connectivity index (χ2v) is 4.81. The van der Waals surface area contributed by atoms with Crippen molar-refractivity contribution in [2.45, 2.75) is 19.9 Å². The normalized spacial score (nSPS) is 12.7. The van der Waals surface area contributed by atoms with Crippen LogP contribution in [0.15, 0.2) is 10.9 Å². The number of rotatable bonds is 3. The molecule has 4 nitrogen and oxygen atoms in total. The fourth-order valence-corrected chi connectivity index (χ4v) is 2.38. The first-order valence-electron chi connectivity index (χ1n) is 4.20. The molecule has 0 saturated carbocycles. The molecule has 6 heteroatoms. The molecule has 0 aliphatic heterocycles. The van der Waals surface area contributed by atoms with Crippen molar-refractivity contribution in [1.82, 2.24) is 15.2 Å². The molecule has 0 aromatic carbocycles. The third kappa shape index (κ3) is 2.08. The summed E-state index contributed by atoms with van der Waals surface area (Å²) in [5.74, 6) is 0. The van der Waals surface area contributed by atoms with Gasteiger partial charge in [-0.3, -0.25) is 0 Å². The predicted octanol–water partition coefficient (Wildman–Crippen LogP) is 2.48. The van der Waals surface area contributed by atoms with Crippen LogP contribution < -0.4 is 5.32 Å². The van der Waals surface area contributed by atoms with E-state index < -0.39 is 0 Å². The first-order valence-corrected chi connectivity index (χ1v) is 5.96. The van der Waals surface area contributed by atoms with Gasteiger partial charge >= 0.3 is 0 Å². The van der Waals surface area contributed by atoms with Gasteiger partial charge in [0.05, 0.1) is 17.2 Å². The van der Waals surface area contributed by atoms with E-state index in [1.165, 1.54) is 0 Å². The summed E-state index contributed by atoms with van der Waals surface area (Å²) in [7, 11) is 0. The molecule has 2 aromatic rings. The topological polar surface area (TPSA) is 50.7 Å². The third-order valence-corrected chi connectivity index (χ3v) is 3.14. The van der Waals surface area contributed by atoms with Gasteiger partial charge in [-0.2, -0.15) is 0 Å². The predicted molar refractivity (Wildman–Crippen MR) is 58.8 cm³/mol. The van der Waals surface area contributed by atoms with Crippen molar-refractivity contribution in [3.8, 4) is 0 Å². The van der Waals surface area contributed by atoms with Gasteiger partial charge in [0.15, 0.2) is 0 Å². The molecule has 74 valence electrons. The summed E-state index contributed by atoms with van der Waals surface area (Å²) in [4.78, 5) is 4.23. The third-order valence-electron chi connectivity index (χ3n) is 1.76. The molecular weight excluding hydrogens is 216 g/mol. The summed E-state index contributed by atoms with van der Waals surface area (Å²) in [6.45, 7) is 4.00. The van der Waals surface area contributed by atoms with E-state index in [9.17, 15) is 0 Å².